The summed E-state index contributed by atoms with van der Waals surface area (Å²) in [7, 11) is 0. The Morgan fingerprint density at radius 3 is 2.65 bits per heavy atom. The van der Waals surface area contributed by atoms with Gasteiger partial charge in [0.25, 0.3) is 0 Å². The summed E-state index contributed by atoms with van der Waals surface area (Å²) in [6.07, 6.45) is 1.13. The molecule has 3 rings (SSSR count). The van der Waals surface area contributed by atoms with Gasteiger partial charge in [0, 0.05) is 19.0 Å². The molecule has 120 valence electrons. The maximum absolute atomic E-state index is 12.9. The SMILES string of the molecule is CCNC(=NCc1ccc(F)cc1)NCC1Cc2ccccc21. The molecule has 0 amide bonds. The summed E-state index contributed by atoms with van der Waals surface area (Å²) in [5.74, 6) is 1.15. The number of hydrogen-bond donors (Lipinski definition) is 2. The van der Waals surface area contributed by atoms with E-state index in [4.69, 9.17) is 0 Å². The van der Waals surface area contributed by atoms with Crippen molar-refractivity contribution in [2.24, 2.45) is 4.99 Å². The first-order valence-electron chi connectivity index (χ1n) is 8.10. The van der Waals surface area contributed by atoms with Crippen molar-refractivity contribution in [1.29, 1.82) is 0 Å². The molecule has 2 aromatic carbocycles. The predicted octanol–water partition coefficient (Wildman–Crippen LogP) is 3.22. The Balaban J connectivity index is 1.56. The average molecular weight is 311 g/mol. The van der Waals surface area contributed by atoms with E-state index in [2.05, 4.69) is 39.9 Å². The first-order chi connectivity index (χ1) is 11.3. The molecule has 4 heteroatoms. The van der Waals surface area contributed by atoms with Gasteiger partial charge < -0.3 is 10.6 Å². The van der Waals surface area contributed by atoms with E-state index in [1.54, 1.807) is 12.1 Å². The van der Waals surface area contributed by atoms with Gasteiger partial charge in [0.15, 0.2) is 5.96 Å². The number of nitrogens with one attached hydrogen (secondary N) is 2. The van der Waals surface area contributed by atoms with Gasteiger partial charge in [-0.3, -0.25) is 0 Å². The molecule has 0 bridgehead atoms. The standard InChI is InChI=1S/C19H22FN3/c1-2-21-19(22-12-14-7-9-17(20)10-8-14)23-13-16-11-15-5-3-4-6-18(15)16/h3-10,16H,2,11-13H2,1H3,(H2,21,22,23). The van der Waals surface area contributed by atoms with Crippen LogP contribution in [0.25, 0.3) is 0 Å². The Hall–Kier alpha value is -2.36. The largest absolute Gasteiger partial charge is 0.357 e. The van der Waals surface area contributed by atoms with Gasteiger partial charge in [-0.15, -0.1) is 0 Å². The number of nitrogens with zero attached hydrogens (tertiary/aromatic N) is 1. The quantitative estimate of drug-likeness (QED) is 0.657. The second kappa shape index (κ2) is 7.27. The van der Waals surface area contributed by atoms with Crippen LogP contribution in [0.4, 0.5) is 4.39 Å². The van der Waals surface area contributed by atoms with Gasteiger partial charge in [0.05, 0.1) is 6.54 Å². The Morgan fingerprint density at radius 1 is 1.13 bits per heavy atom. The predicted molar refractivity (Wildman–Crippen MR) is 92.1 cm³/mol. The second-order valence-electron chi connectivity index (χ2n) is 5.80. The lowest BCUT2D eigenvalue weighted by atomic mass is 9.78. The number of fused-ring (bicyclic) bond motifs is 1. The van der Waals surface area contributed by atoms with Crippen LogP contribution in [0.5, 0.6) is 0 Å². The van der Waals surface area contributed by atoms with Crippen LogP contribution in [-0.2, 0) is 13.0 Å². The summed E-state index contributed by atoms with van der Waals surface area (Å²) in [6.45, 7) is 4.29. The van der Waals surface area contributed by atoms with Crippen LogP contribution in [0, 0.1) is 5.82 Å². The van der Waals surface area contributed by atoms with E-state index in [-0.39, 0.29) is 5.82 Å². The number of halogens is 1. The van der Waals surface area contributed by atoms with Gasteiger partial charge in [0.2, 0.25) is 0 Å². The van der Waals surface area contributed by atoms with Crippen LogP contribution in [0.2, 0.25) is 0 Å². The van der Waals surface area contributed by atoms with Gasteiger partial charge in [-0.25, -0.2) is 9.38 Å². The van der Waals surface area contributed by atoms with E-state index in [0.29, 0.717) is 12.5 Å². The molecule has 2 N–H and O–H groups in total. The van der Waals surface area contributed by atoms with E-state index < -0.39 is 0 Å². The first-order valence-corrected chi connectivity index (χ1v) is 8.10. The highest BCUT2D eigenvalue weighted by atomic mass is 19.1. The molecule has 0 aromatic heterocycles. The summed E-state index contributed by atoms with van der Waals surface area (Å²) in [5, 5.41) is 6.67. The average Bonchev–Trinajstić information content (AvgIpc) is 2.55. The minimum Gasteiger partial charge on any atom is -0.357 e. The van der Waals surface area contributed by atoms with Crippen molar-refractivity contribution in [3.05, 3.63) is 71.0 Å². The van der Waals surface area contributed by atoms with Gasteiger partial charge >= 0.3 is 0 Å². The van der Waals surface area contributed by atoms with Crippen molar-refractivity contribution >= 4 is 5.96 Å². The summed E-state index contributed by atoms with van der Waals surface area (Å²) in [5.41, 5.74) is 3.89. The van der Waals surface area contributed by atoms with E-state index in [0.717, 1.165) is 31.0 Å². The van der Waals surface area contributed by atoms with Crippen LogP contribution < -0.4 is 10.6 Å². The van der Waals surface area contributed by atoms with Crippen LogP contribution in [-0.4, -0.2) is 19.0 Å². The molecule has 0 saturated heterocycles. The fourth-order valence-corrected chi connectivity index (χ4v) is 2.87. The summed E-state index contributed by atoms with van der Waals surface area (Å²) in [4.78, 5) is 4.57. The third-order valence-corrected chi connectivity index (χ3v) is 4.15. The van der Waals surface area contributed by atoms with Crippen molar-refractivity contribution in [2.45, 2.75) is 25.8 Å². The zero-order chi connectivity index (χ0) is 16.1. The van der Waals surface area contributed by atoms with Crippen molar-refractivity contribution in [3.8, 4) is 0 Å². The zero-order valence-corrected chi connectivity index (χ0v) is 13.3. The molecule has 0 radical (unpaired) electrons. The number of rotatable bonds is 5. The molecule has 0 spiro atoms. The maximum Gasteiger partial charge on any atom is 0.191 e. The minimum absolute atomic E-state index is 0.216. The lowest BCUT2D eigenvalue weighted by Crippen LogP contribution is -2.41. The highest BCUT2D eigenvalue weighted by Crippen LogP contribution is 2.33. The van der Waals surface area contributed by atoms with Crippen molar-refractivity contribution < 1.29 is 4.39 Å². The van der Waals surface area contributed by atoms with E-state index >= 15 is 0 Å². The Kier molecular flexibility index (Phi) is 4.91. The van der Waals surface area contributed by atoms with E-state index in [9.17, 15) is 4.39 Å². The lowest BCUT2D eigenvalue weighted by Gasteiger charge is -2.30. The molecule has 0 heterocycles. The molecule has 0 aliphatic heterocycles. The molecule has 1 aliphatic rings. The zero-order valence-electron chi connectivity index (χ0n) is 13.3. The molecule has 2 aromatic rings. The molecule has 1 aliphatic carbocycles. The highest BCUT2D eigenvalue weighted by molar-refractivity contribution is 5.79. The maximum atomic E-state index is 12.9. The molecule has 1 atom stereocenters. The molecule has 1 unspecified atom stereocenters. The summed E-state index contributed by atoms with van der Waals surface area (Å²) < 4.78 is 12.9. The molecule has 0 fully saturated rings. The molecular formula is C19H22FN3. The summed E-state index contributed by atoms with van der Waals surface area (Å²) >= 11 is 0. The number of benzene rings is 2. The first kappa shape index (κ1) is 15.5. The van der Waals surface area contributed by atoms with Gasteiger partial charge in [0.1, 0.15) is 5.82 Å². The van der Waals surface area contributed by atoms with Crippen molar-refractivity contribution in [3.63, 3.8) is 0 Å². The molecule has 3 nitrogen and oxygen atoms in total. The van der Waals surface area contributed by atoms with Crippen molar-refractivity contribution in [1.82, 2.24) is 10.6 Å². The third kappa shape index (κ3) is 3.89. The summed E-state index contributed by atoms with van der Waals surface area (Å²) in [6, 6.07) is 15.1. The molecule has 23 heavy (non-hydrogen) atoms. The normalized spacial score (nSPS) is 16.4. The van der Waals surface area contributed by atoms with E-state index in [1.165, 1.54) is 23.3 Å². The molecular weight excluding hydrogens is 289 g/mol. The van der Waals surface area contributed by atoms with Crippen LogP contribution in [0.1, 0.15) is 29.5 Å². The van der Waals surface area contributed by atoms with Crippen LogP contribution in [0.3, 0.4) is 0 Å². The van der Waals surface area contributed by atoms with Gasteiger partial charge in [-0.1, -0.05) is 36.4 Å². The van der Waals surface area contributed by atoms with Gasteiger partial charge in [-0.05, 0) is 42.2 Å². The smallest absolute Gasteiger partial charge is 0.191 e. The molecule has 0 saturated carbocycles. The fourth-order valence-electron chi connectivity index (χ4n) is 2.87. The second-order valence-corrected chi connectivity index (χ2v) is 5.80. The third-order valence-electron chi connectivity index (χ3n) is 4.15. The Bertz CT molecular complexity index is 679. The number of aliphatic imine (C=N–C) groups is 1. The van der Waals surface area contributed by atoms with Crippen LogP contribution in [0.15, 0.2) is 53.5 Å². The van der Waals surface area contributed by atoms with Crippen molar-refractivity contribution in [2.75, 3.05) is 13.1 Å². The topological polar surface area (TPSA) is 36.4 Å². The minimum atomic E-state index is -0.216. The van der Waals surface area contributed by atoms with E-state index in [1.807, 2.05) is 6.92 Å². The number of hydrogen-bond acceptors (Lipinski definition) is 1. The highest BCUT2D eigenvalue weighted by Gasteiger charge is 2.25. The Labute approximate surface area is 136 Å². The van der Waals surface area contributed by atoms with Gasteiger partial charge in [-0.2, -0.15) is 0 Å². The Morgan fingerprint density at radius 2 is 1.91 bits per heavy atom. The fraction of sp³-hybridized carbons (Fsp3) is 0.316. The van der Waals surface area contributed by atoms with Crippen LogP contribution >= 0.6 is 0 Å². The monoisotopic (exact) mass is 311 g/mol. The number of guanidine groups is 1. The lowest BCUT2D eigenvalue weighted by molar-refractivity contribution is 0.584.